The van der Waals surface area contributed by atoms with Gasteiger partial charge in [-0.3, -0.25) is 4.79 Å². The lowest BCUT2D eigenvalue weighted by atomic mass is 9.99. The molecule has 7 nitrogen and oxygen atoms in total. The van der Waals surface area contributed by atoms with Gasteiger partial charge >= 0.3 is 5.97 Å². The zero-order valence-electron chi connectivity index (χ0n) is 18.5. The smallest absolute Gasteiger partial charge is 0.331 e. The monoisotopic (exact) mass is 467 g/mol. The van der Waals surface area contributed by atoms with Crippen LogP contribution < -0.4 is 0 Å². The number of amides is 1. The number of aromatic nitrogens is 2. The van der Waals surface area contributed by atoms with Crippen LogP contribution in [0.4, 0.5) is 0 Å². The molecule has 1 aliphatic rings. The molecule has 3 aromatic rings. The number of benzene rings is 2. The Balaban J connectivity index is 1.86. The van der Waals surface area contributed by atoms with E-state index < -0.39 is 24.0 Å². The van der Waals surface area contributed by atoms with E-state index >= 15 is 0 Å². The molecular weight excluding hydrogens is 442 g/mol. The number of imidazole rings is 1. The number of hydrogen-bond acceptors (Lipinski definition) is 4. The van der Waals surface area contributed by atoms with E-state index in [0.29, 0.717) is 28.9 Å². The van der Waals surface area contributed by atoms with E-state index in [1.807, 2.05) is 35.9 Å². The average molecular weight is 468 g/mol. The molecule has 2 N–H and O–H groups in total. The number of nitrogens with zero attached hydrogens (tertiary/aromatic N) is 3. The summed E-state index contributed by atoms with van der Waals surface area (Å²) in [7, 11) is 1.85. The van der Waals surface area contributed by atoms with E-state index in [0.717, 1.165) is 30.0 Å². The maximum absolute atomic E-state index is 13.4. The minimum atomic E-state index is -1.16. The van der Waals surface area contributed by atoms with Crippen LogP contribution in [0.15, 0.2) is 60.2 Å². The van der Waals surface area contributed by atoms with Gasteiger partial charge in [-0.25, -0.2) is 9.78 Å². The van der Waals surface area contributed by atoms with Crippen LogP contribution in [0, 0.1) is 5.92 Å². The Hall–Kier alpha value is -3.16. The van der Waals surface area contributed by atoms with Gasteiger partial charge in [0.1, 0.15) is 18.0 Å². The molecule has 2 atom stereocenters. The van der Waals surface area contributed by atoms with Gasteiger partial charge in [-0.15, -0.1) is 0 Å². The number of hydrogen-bond donors (Lipinski definition) is 2. The van der Waals surface area contributed by atoms with Crippen LogP contribution >= 0.6 is 11.6 Å². The Labute approximate surface area is 196 Å². The van der Waals surface area contributed by atoms with E-state index in [4.69, 9.17) is 16.6 Å². The normalized spacial score (nSPS) is 15.9. The van der Waals surface area contributed by atoms with Gasteiger partial charge in [0, 0.05) is 30.3 Å². The molecule has 1 amide bonds. The molecule has 1 saturated carbocycles. The predicted octanol–water partition coefficient (Wildman–Crippen LogP) is 4.27. The van der Waals surface area contributed by atoms with Crippen molar-refractivity contribution in [3.8, 4) is 0 Å². The molecule has 0 radical (unpaired) electrons. The Morgan fingerprint density at radius 1 is 1.24 bits per heavy atom. The Morgan fingerprint density at radius 3 is 2.61 bits per heavy atom. The van der Waals surface area contributed by atoms with Gasteiger partial charge in [-0.05, 0) is 55.5 Å². The second kappa shape index (κ2) is 9.37. The molecule has 0 saturated heterocycles. The molecule has 1 fully saturated rings. The molecule has 33 heavy (non-hydrogen) atoms. The molecule has 2 aromatic carbocycles. The topological polar surface area (TPSA) is 95.7 Å². The molecule has 172 valence electrons. The number of carboxylic acids is 1. The minimum Gasteiger partial charge on any atom is -0.478 e. The zero-order valence-corrected chi connectivity index (χ0v) is 19.2. The first-order valence-electron chi connectivity index (χ1n) is 10.8. The van der Waals surface area contributed by atoms with Crippen molar-refractivity contribution in [1.29, 1.82) is 0 Å². The van der Waals surface area contributed by atoms with Crippen molar-refractivity contribution in [3.63, 3.8) is 0 Å². The Morgan fingerprint density at radius 2 is 1.97 bits per heavy atom. The number of halogens is 1. The van der Waals surface area contributed by atoms with E-state index in [-0.39, 0.29) is 5.57 Å². The van der Waals surface area contributed by atoms with E-state index in [1.165, 1.54) is 6.92 Å². The second-order valence-electron chi connectivity index (χ2n) is 8.53. The van der Waals surface area contributed by atoms with Crippen LogP contribution in [0.1, 0.15) is 43.3 Å². The third-order valence-corrected chi connectivity index (χ3v) is 6.26. The highest BCUT2D eigenvalue weighted by Gasteiger charge is 2.38. The third-order valence-electron chi connectivity index (χ3n) is 6.02. The summed E-state index contributed by atoms with van der Waals surface area (Å²) < 4.78 is 1.87. The molecule has 0 aliphatic heterocycles. The highest BCUT2D eigenvalue weighted by Crippen LogP contribution is 2.39. The number of carbonyl (C=O) groups excluding carboxylic acids is 1. The molecule has 1 aliphatic carbocycles. The van der Waals surface area contributed by atoms with Crippen molar-refractivity contribution in [3.05, 3.63) is 76.6 Å². The molecule has 0 bridgehead atoms. The highest BCUT2D eigenvalue weighted by molar-refractivity contribution is 6.30. The number of carboxylic acid groups (broad SMARTS) is 1. The number of aliphatic carboxylic acids is 1. The molecule has 4 rings (SSSR count). The van der Waals surface area contributed by atoms with Gasteiger partial charge in [-0.2, -0.15) is 0 Å². The third kappa shape index (κ3) is 4.94. The summed E-state index contributed by atoms with van der Waals surface area (Å²) in [6, 6.07) is 13.6. The first kappa shape index (κ1) is 23.0. The van der Waals surface area contributed by atoms with Crippen molar-refractivity contribution in [2.24, 2.45) is 13.0 Å². The van der Waals surface area contributed by atoms with Crippen LogP contribution in [0.3, 0.4) is 0 Å². The van der Waals surface area contributed by atoms with Gasteiger partial charge in [0.25, 0.3) is 0 Å². The van der Waals surface area contributed by atoms with Crippen LogP contribution in [-0.4, -0.2) is 43.1 Å². The standard InChI is InChI=1S/C25H26ClN3O4/c1-15(25(32)33)12-21(30)29(14-16-10-11-16)22(23(31)17-6-5-7-18(26)13-17)24-27-19-8-3-4-9-20(19)28(24)2/h3-9,12-13,16,22-23,31H,10-11,14H2,1-2H3,(H,32,33)/t22-,23+/m0/s1. The zero-order chi connectivity index (χ0) is 23.7. The summed E-state index contributed by atoms with van der Waals surface area (Å²) in [6.45, 7) is 1.78. The summed E-state index contributed by atoms with van der Waals surface area (Å²) in [5.74, 6) is -0.820. The van der Waals surface area contributed by atoms with Gasteiger partial charge in [0.15, 0.2) is 0 Å². The number of carbonyl (C=O) groups is 2. The summed E-state index contributed by atoms with van der Waals surface area (Å²) >= 11 is 6.19. The minimum absolute atomic E-state index is 0.0678. The molecular formula is C25H26ClN3O4. The van der Waals surface area contributed by atoms with Gasteiger partial charge in [0.05, 0.1) is 11.0 Å². The van der Waals surface area contributed by atoms with Crippen molar-refractivity contribution in [2.45, 2.75) is 31.9 Å². The number of aliphatic hydroxyl groups excluding tert-OH is 1. The lowest BCUT2D eigenvalue weighted by Gasteiger charge is -2.34. The van der Waals surface area contributed by atoms with E-state index in [2.05, 4.69) is 0 Å². The predicted molar refractivity (Wildman–Crippen MR) is 126 cm³/mol. The molecule has 1 aromatic heterocycles. The molecule has 0 spiro atoms. The maximum Gasteiger partial charge on any atom is 0.331 e. The number of aliphatic hydroxyl groups is 1. The van der Waals surface area contributed by atoms with Crippen molar-refractivity contribution in [1.82, 2.24) is 14.5 Å². The number of rotatable bonds is 8. The van der Waals surface area contributed by atoms with Crippen LogP contribution in [0.2, 0.25) is 5.02 Å². The quantitative estimate of drug-likeness (QED) is 0.482. The van der Waals surface area contributed by atoms with Crippen molar-refractivity contribution < 1.29 is 19.8 Å². The summed E-state index contributed by atoms with van der Waals surface area (Å²) in [6.07, 6.45) is 1.95. The fourth-order valence-electron chi connectivity index (χ4n) is 4.00. The summed E-state index contributed by atoms with van der Waals surface area (Å²) in [5.41, 5.74) is 2.09. The number of fused-ring (bicyclic) bond motifs is 1. The fourth-order valence-corrected chi connectivity index (χ4v) is 4.20. The molecule has 1 heterocycles. The molecule has 0 unspecified atom stereocenters. The van der Waals surface area contributed by atoms with Gasteiger partial charge in [0.2, 0.25) is 5.91 Å². The lowest BCUT2D eigenvalue weighted by molar-refractivity contribution is -0.135. The fraction of sp³-hybridized carbons (Fsp3) is 0.320. The molecule has 8 heteroatoms. The van der Waals surface area contributed by atoms with E-state index in [1.54, 1.807) is 29.2 Å². The SMILES string of the molecule is CC(=CC(=O)N(CC1CC1)[C@H](c1nc2ccccc2n1C)[C@H](O)c1cccc(Cl)c1)C(=O)O. The average Bonchev–Trinajstić information content (AvgIpc) is 3.55. The highest BCUT2D eigenvalue weighted by atomic mass is 35.5. The van der Waals surface area contributed by atoms with Crippen LogP contribution in [0.5, 0.6) is 0 Å². The lowest BCUT2D eigenvalue weighted by Crippen LogP contribution is -2.40. The van der Waals surface area contributed by atoms with Crippen molar-refractivity contribution in [2.75, 3.05) is 6.54 Å². The van der Waals surface area contributed by atoms with Gasteiger partial charge in [-0.1, -0.05) is 35.9 Å². The van der Waals surface area contributed by atoms with Gasteiger partial charge < -0.3 is 19.7 Å². The Kier molecular flexibility index (Phi) is 6.54. The Bertz CT molecular complexity index is 1230. The van der Waals surface area contributed by atoms with Crippen LogP contribution in [0.25, 0.3) is 11.0 Å². The number of para-hydroxylation sites is 2. The maximum atomic E-state index is 13.4. The van der Waals surface area contributed by atoms with Crippen molar-refractivity contribution >= 4 is 34.5 Å². The van der Waals surface area contributed by atoms with Crippen LogP contribution in [-0.2, 0) is 16.6 Å². The number of aryl methyl sites for hydroxylation is 1. The summed E-state index contributed by atoms with van der Waals surface area (Å²) in [4.78, 5) is 31.1. The first-order valence-corrected chi connectivity index (χ1v) is 11.2. The summed E-state index contributed by atoms with van der Waals surface area (Å²) in [5, 5.41) is 21.3. The van der Waals surface area contributed by atoms with E-state index in [9.17, 15) is 19.8 Å². The second-order valence-corrected chi connectivity index (χ2v) is 8.97. The first-order chi connectivity index (χ1) is 15.8. The largest absolute Gasteiger partial charge is 0.478 e.